The van der Waals surface area contributed by atoms with Crippen LogP contribution in [-0.4, -0.2) is 63.5 Å². The van der Waals surface area contributed by atoms with E-state index >= 15 is 0 Å². The Kier molecular flexibility index (Phi) is 8.92. The van der Waals surface area contributed by atoms with E-state index in [4.69, 9.17) is 4.74 Å². The van der Waals surface area contributed by atoms with Gasteiger partial charge in [-0.15, -0.1) is 0 Å². The highest BCUT2D eigenvalue weighted by Gasteiger charge is 2.60. The van der Waals surface area contributed by atoms with E-state index in [-0.39, 0.29) is 23.6 Å². The molecule has 2 fully saturated rings. The third-order valence-electron chi connectivity index (χ3n) is 7.53. The minimum absolute atomic E-state index is 0.101. The van der Waals surface area contributed by atoms with Gasteiger partial charge in [0.2, 0.25) is 17.7 Å². The lowest BCUT2D eigenvalue weighted by atomic mass is 10.0. The van der Waals surface area contributed by atoms with E-state index in [9.17, 15) is 19.2 Å². The predicted molar refractivity (Wildman–Crippen MR) is 145 cm³/mol. The van der Waals surface area contributed by atoms with Crippen LogP contribution >= 0.6 is 0 Å². The second kappa shape index (κ2) is 12.2. The van der Waals surface area contributed by atoms with Crippen LogP contribution in [0.2, 0.25) is 0 Å². The fraction of sp³-hybridized carbons (Fsp3) is 0.621. The number of carbonyl (C=O) groups excluding carboxylic acids is 4. The lowest BCUT2D eigenvalue weighted by Gasteiger charge is -2.30. The SMILES string of the molecule is CC(C)(C)OC(=O)N[C@H]1CCCCC/C=C\[C@@H]2C[C@@]2(C(=O)NCc2ccncc2)NC(=O)[C@@H]2CCCN2C1=O. The van der Waals surface area contributed by atoms with Crippen molar-refractivity contribution in [1.29, 1.82) is 0 Å². The maximum Gasteiger partial charge on any atom is 0.408 e. The molecular formula is C29H41N5O5. The van der Waals surface area contributed by atoms with Crippen LogP contribution in [0.4, 0.5) is 4.79 Å². The molecule has 1 aliphatic carbocycles. The first-order valence-corrected chi connectivity index (χ1v) is 14.0. The Morgan fingerprint density at radius 2 is 1.90 bits per heavy atom. The summed E-state index contributed by atoms with van der Waals surface area (Å²) in [5, 5.41) is 8.76. The third kappa shape index (κ3) is 7.36. The molecule has 212 valence electrons. The van der Waals surface area contributed by atoms with Crippen LogP contribution in [0.25, 0.3) is 0 Å². The molecule has 0 radical (unpaired) electrons. The van der Waals surface area contributed by atoms with Gasteiger partial charge in [-0.25, -0.2) is 4.79 Å². The third-order valence-corrected chi connectivity index (χ3v) is 7.53. The topological polar surface area (TPSA) is 130 Å². The van der Waals surface area contributed by atoms with Gasteiger partial charge < -0.3 is 25.6 Å². The molecule has 0 aromatic carbocycles. The van der Waals surface area contributed by atoms with E-state index in [1.807, 2.05) is 18.2 Å². The molecule has 39 heavy (non-hydrogen) atoms. The molecule has 10 nitrogen and oxygen atoms in total. The van der Waals surface area contributed by atoms with E-state index in [0.717, 1.165) is 31.2 Å². The Morgan fingerprint density at radius 1 is 1.13 bits per heavy atom. The van der Waals surface area contributed by atoms with Gasteiger partial charge in [-0.2, -0.15) is 0 Å². The van der Waals surface area contributed by atoms with Gasteiger partial charge in [-0.3, -0.25) is 19.4 Å². The molecule has 4 atom stereocenters. The van der Waals surface area contributed by atoms with E-state index in [1.54, 1.807) is 38.1 Å². The molecular weight excluding hydrogens is 498 g/mol. The predicted octanol–water partition coefficient (Wildman–Crippen LogP) is 2.98. The van der Waals surface area contributed by atoms with Crippen molar-refractivity contribution in [1.82, 2.24) is 25.8 Å². The Balaban J connectivity index is 1.51. The van der Waals surface area contributed by atoms with Gasteiger partial charge in [-0.1, -0.05) is 25.0 Å². The first-order chi connectivity index (χ1) is 18.6. The summed E-state index contributed by atoms with van der Waals surface area (Å²) in [5.41, 5.74) is -0.809. The van der Waals surface area contributed by atoms with Crippen molar-refractivity contribution in [3.05, 3.63) is 42.2 Å². The zero-order chi connectivity index (χ0) is 28.0. The number of nitrogens with zero attached hydrogens (tertiary/aromatic N) is 2. The van der Waals surface area contributed by atoms with E-state index in [0.29, 0.717) is 38.8 Å². The summed E-state index contributed by atoms with van der Waals surface area (Å²) < 4.78 is 5.40. The van der Waals surface area contributed by atoms with Gasteiger partial charge in [0.15, 0.2) is 0 Å². The Hall–Kier alpha value is -3.43. The van der Waals surface area contributed by atoms with Crippen LogP contribution < -0.4 is 16.0 Å². The van der Waals surface area contributed by atoms with Gasteiger partial charge in [0, 0.05) is 31.4 Å². The standard InChI is InChI=1S/C29H41N5O5/c1-28(2,3)39-27(38)32-22-11-8-6-4-5-7-10-21-18-29(21,26(37)31-19-20-13-15-30-16-14-20)33-24(35)23-12-9-17-34(23)25(22)36/h7,10,13-16,21-23H,4-6,8-9,11-12,17-19H2,1-3H3,(H,31,37)(H,32,38)(H,33,35)/b10-7-/t21-,22+,23+,29-/m1/s1. The van der Waals surface area contributed by atoms with Crippen molar-refractivity contribution < 1.29 is 23.9 Å². The highest BCUT2D eigenvalue weighted by Crippen LogP contribution is 2.45. The Morgan fingerprint density at radius 3 is 2.64 bits per heavy atom. The van der Waals surface area contributed by atoms with Crippen LogP contribution in [0.5, 0.6) is 0 Å². The van der Waals surface area contributed by atoms with Crippen molar-refractivity contribution in [3.8, 4) is 0 Å². The smallest absolute Gasteiger partial charge is 0.408 e. The molecule has 0 spiro atoms. The molecule has 4 rings (SSSR count). The van der Waals surface area contributed by atoms with Crippen molar-refractivity contribution in [2.24, 2.45) is 5.92 Å². The number of nitrogens with one attached hydrogen (secondary N) is 3. The van der Waals surface area contributed by atoms with Crippen molar-refractivity contribution >= 4 is 23.8 Å². The summed E-state index contributed by atoms with van der Waals surface area (Å²) in [5.74, 6) is -0.945. The maximum absolute atomic E-state index is 13.7. The first-order valence-electron chi connectivity index (χ1n) is 14.0. The number of fused-ring (bicyclic) bond motifs is 2. The number of hydrogen-bond donors (Lipinski definition) is 3. The minimum atomic E-state index is -1.04. The Bertz CT molecular complexity index is 1090. The van der Waals surface area contributed by atoms with Crippen LogP contribution in [0, 0.1) is 5.92 Å². The number of carbonyl (C=O) groups is 4. The number of hydrogen-bond acceptors (Lipinski definition) is 6. The lowest BCUT2D eigenvalue weighted by molar-refractivity contribution is -0.141. The van der Waals surface area contributed by atoms with Crippen molar-refractivity contribution in [2.75, 3.05) is 6.54 Å². The normalized spacial score (nSPS) is 28.6. The molecule has 3 heterocycles. The lowest BCUT2D eigenvalue weighted by Crippen LogP contribution is -2.57. The first kappa shape index (κ1) is 28.6. The minimum Gasteiger partial charge on any atom is -0.444 e. The second-order valence-electron chi connectivity index (χ2n) is 11.8. The Labute approximate surface area is 230 Å². The van der Waals surface area contributed by atoms with Crippen LogP contribution in [0.1, 0.15) is 77.7 Å². The molecule has 1 saturated carbocycles. The van der Waals surface area contributed by atoms with Crippen LogP contribution in [-0.2, 0) is 25.7 Å². The number of pyridine rings is 1. The van der Waals surface area contributed by atoms with Gasteiger partial charge in [-0.05, 0) is 77.0 Å². The van der Waals surface area contributed by atoms with Gasteiger partial charge in [0.25, 0.3) is 0 Å². The largest absolute Gasteiger partial charge is 0.444 e. The molecule has 1 saturated heterocycles. The molecule has 1 aromatic heterocycles. The summed E-state index contributed by atoms with van der Waals surface area (Å²) in [6, 6.07) is 2.20. The number of ether oxygens (including phenoxy) is 1. The van der Waals surface area contributed by atoms with Crippen LogP contribution in [0.15, 0.2) is 36.7 Å². The molecule has 2 aliphatic heterocycles. The van der Waals surface area contributed by atoms with Gasteiger partial charge >= 0.3 is 6.09 Å². The van der Waals surface area contributed by atoms with Crippen molar-refractivity contribution in [3.63, 3.8) is 0 Å². The summed E-state index contributed by atoms with van der Waals surface area (Å²) in [6.07, 6.45) is 12.4. The zero-order valence-electron chi connectivity index (χ0n) is 23.2. The number of allylic oxidation sites excluding steroid dienone is 1. The number of alkyl carbamates (subject to hydrolysis) is 1. The molecule has 0 unspecified atom stereocenters. The monoisotopic (exact) mass is 539 g/mol. The van der Waals surface area contributed by atoms with E-state index < -0.39 is 29.3 Å². The molecule has 3 N–H and O–H groups in total. The zero-order valence-corrected chi connectivity index (χ0v) is 23.2. The molecule has 0 bridgehead atoms. The van der Waals surface area contributed by atoms with Crippen molar-refractivity contribution in [2.45, 2.75) is 102 Å². The fourth-order valence-electron chi connectivity index (χ4n) is 5.38. The average molecular weight is 540 g/mol. The number of aromatic nitrogens is 1. The highest BCUT2D eigenvalue weighted by molar-refractivity contribution is 5.98. The fourth-order valence-corrected chi connectivity index (χ4v) is 5.38. The summed E-state index contributed by atoms with van der Waals surface area (Å²) in [6.45, 7) is 6.07. The molecule has 1 aromatic rings. The maximum atomic E-state index is 13.7. The molecule has 4 amide bonds. The number of rotatable bonds is 4. The van der Waals surface area contributed by atoms with Gasteiger partial charge in [0.05, 0.1) is 0 Å². The molecule has 3 aliphatic rings. The van der Waals surface area contributed by atoms with E-state index in [2.05, 4.69) is 27.0 Å². The summed E-state index contributed by atoms with van der Waals surface area (Å²) in [7, 11) is 0. The van der Waals surface area contributed by atoms with E-state index in [1.165, 1.54) is 0 Å². The summed E-state index contributed by atoms with van der Waals surface area (Å²) >= 11 is 0. The molecule has 10 heteroatoms. The average Bonchev–Trinajstić information content (AvgIpc) is 3.34. The summed E-state index contributed by atoms with van der Waals surface area (Å²) in [4.78, 5) is 58.8. The second-order valence-corrected chi connectivity index (χ2v) is 11.8. The number of amides is 4. The van der Waals surface area contributed by atoms with Crippen LogP contribution in [0.3, 0.4) is 0 Å². The quantitative estimate of drug-likeness (QED) is 0.505. The highest BCUT2D eigenvalue weighted by atomic mass is 16.6. The van der Waals surface area contributed by atoms with Gasteiger partial charge in [0.1, 0.15) is 23.2 Å².